The van der Waals surface area contributed by atoms with Gasteiger partial charge >= 0.3 is 0 Å². The third-order valence-electron chi connectivity index (χ3n) is 3.94. The Morgan fingerprint density at radius 1 is 1.18 bits per heavy atom. The maximum atomic E-state index is 12.5. The summed E-state index contributed by atoms with van der Waals surface area (Å²) >= 11 is 0. The van der Waals surface area contributed by atoms with Crippen molar-refractivity contribution in [1.29, 1.82) is 0 Å². The fourth-order valence-electron chi connectivity index (χ4n) is 2.89. The number of imide groups is 1. The van der Waals surface area contributed by atoms with Crippen LogP contribution in [-0.4, -0.2) is 40.1 Å². The Morgan fingerprint density at radius 2 is 1.95 bits per heavy atom. The van der Waals surface area contributed by atoms with Gasteiger partial charge in [-0.25, -0.2) is 0 Å². The second-order valence-electron chi connectivity index (χ2n) is 5.24. The predicted molar refractivity (Wildman–Crippen MR) is 74.2 cm³/mol. The van der Waals surface area contributed by atoms with Crippen LogP contribution in [0.5, 0.6) is 0 Å². The molecule has 3 rings (SSSR count). The van der Waals surface area contributed by atoms with Gasteiger partial charge in [-0.1, -0.05) is 6.07 Å². The number of nitrogens with zero attached hydrogens (tertiary/aromatic N) is 2. The SMILES string of the molecule is O=C1NCCCC[C@@H]1N1C(=O)c2cccc([N+](=O)[O-])c2C1=O. The first-order chi connectivity index (χ1) is 10.5. The lowest BCUT2D eigenvalue weighted by molar-refractivity contribution is -0.385. The molecule has 22 heavy (non-hydrogen) atoms. The smallest absolute Gasteiger partial charge is 0.282 e. The van der Waals surface area contributed by atoms with E-state index in [0.29, 0.717) is 19.4 Å². The van der Waals surface area contributed by atoms with Crippen molar-refractivity contribution in [3.63, 3.8) is 0 Å². The van der Waals surface area contributed by atoms with Crippen molar-refractivity contribution >= 4 is 23.4 Å². The van der Waals surface area contributed by atoms with E-state index in [1.54, 1.807) is 0 Å². The van der Waals surface area contributed by atoms with Gasteiger partial charge in [0.15, 0.2) is 0 Å². The number of nitro groups is 1. The summed E-state index contributed by atoms with van der Waals surface area (Å²) in [5, 5.41) is 13.7. The molecule has 1 saturated heterocycles. The van der Waals surface area contributed by atoms with E-state index in [-0.39, 0.29) is 11.1 Å². The molecule has 0 spiro atoms. The number of hydrogen-bond acceptors (Lipinski definition) is 5. The third kappa shape index (κ3) is 2.03. The van der Waals surface area contributed by atoms with Crippen LogP contribution in [0.3, 0.4) is 0 Å². The topological polar surface area (TPSA) is 110 Å². The van der Waals surface area contributed by atoms with Crippen LogP contribution in [0.2, 0.25) is 0 Å². The summed E-state index contributed by atoms with van der Waals surface area (Å²) in [4.78, 5) is 48.2. The molecule has 8 heteroatoms. The van der Waals surface area contributed by atoms with Gasteiger partial charge in [-0.05, 0) is 25.3 Å². The van der Waals surface area contributed by atoms with E-state index in [4.69, 9.17) is 0 Å². The van der Waals surface area contributed by atoms with Crippen molar-refractivity contribution in [3.05, 3.63) is 39.4 Å². The predicted octanol–water partition coefficient (Wildman–Crippen LogP) is 0.859. The Balaban J connectivity index is 2.05. The van der Waals surface area contributed by atoms with Crippen LogP contribution in [0, 0.1) is 10.1 Å². The summed E-state index contributed by atoms with van der Waals surface area (Å²) < 4.78 is 0. The molecule has 0 bridgehead atoms. The van der Waals surface area contributed by atoms with Gasteiger partial charge in [0, 0.05) is 12.6 Å². The number of nitrogens with one attached hydrogen (secondary N) is 1. The lowest BCUT2D eigenvalue weighted by atomic mass is 10.1. The lowest BCUT2D eigenvalue weighted by Gasteiger charge is -2.23. The molecule has 1 aromatic carbocycles. The van der Waals surface area contributed by atoms with Gasteiger partial charge in [0.1, 0.15) is 11.6 Å². The Hall–Kier alpha value is -2.77. The normalized spacial score (nSPS) is 21.4. The first-order valence-corrected chi connectivity index (χ1v) is 6.95. The number of nitro benzene ring substituents is 1. The van der Waals surface area contributed by atoms with Crippen LogP contribution < -0.4 is 5.32 Å². The number of hydrogen-bond donors (Lipinski definition) is 1. The molecule has 3 amide bonds. The molecule has 8 nitrogen and oxygen atoms in total. The van der Waals surface area contributed by atoms with Gasteiger partial charge < -0.3 is 5.32 Å². The van der Waals surface area contributed by atoms with E-state index < -0.39 is 34.4 Å². The molecule has 2 aliphatic rings. The van der Waals surface area contributed by atoms with Gasteiger partial charge in [0.2, 0.25) is 5.91 Å². The number of carbonyl (C=O) groups excluding carboxylic acids is 3. The molecular formula is C14H13N3O5. The summed E-state index contributed by atoms with van der Waals surface area (Å²) in [7, 11) is 0. The summed E-state index contributed by atoms with van der Waals surface area (Å²) in [6, 6.07) is 3.01. The minimum atomic E-state index is -0.908. The molecule has 2 aliphatic heterocycles. The molecule has 1 atom stereocenters. The molecule has 2 heterocycles. The zero-order chi connectivity index (χ0) is 15.9. The minimum absolute atomic E-state index is 0.0174. The fraction of sp³-hybridized carbons (Fsp3) is 0.357. The van der Waals surface area contributed by atoms with E-state index in [2.05, 4.69) is 5.32 Å². The van der Waals surface area contributed by atoms with E-state index in [1.807, 2.05) is 0 Å². The van der Waals surface area contributed by atoms with Crippen molar-refractivity contribution < 1.29 is 19.3 Å². The van der Waals surface area contributed by atoms with Gasteiger partial charge in [-0.2, -0.15) is 0 Å². The highest BCUT2D eigenvalue weighted by Gasteiger charge is 2.46. The van der Waals surface area contributed by atoms with Crippen LogP contribution in [0.25, 0.3) is 0 Å². The van der Waals surface area contributed by atoms with Crippen LogP contribution in [0.15, 0.2) is 18.2 Å². The summed E-state index contributed by atoms with van der Waals surface area (Å²) in [6.45, 7) is 0.499. The maximum absolute atomic E-state index is 12.5. The average Bonchev–Trinajstić information content (AvgIpc) is 2.65. The van der Waals surface area contributed by atoms with Crippen LogP contribution in [-0.2, 0) is 4.79 Å². The third-order valence-corrected chi connectivity index (χ3v) is 3.94. The molecule has 0 aromatic heterocycles. The number of amides is 3. The fourth-order valence-corrected chi connectivity index (χ4v) is 2.89. The zero-order valence-corrected chi connectivity index (χ0v) is 11.6. The summed E-state index contributed by atoms with van der Waals surface area (Å²) in [5.74, 6) is -1.81. The standard InChI is InChI=1S/C14H13N3O5/c18-12-10(5-1-2-7-15-12)16-13(19)8-4-3-6-9(17(21)22)11(8)14(16)20/h3-4,6,10H,1-2,5,7H2,(H,15,18)/t10-/m0/s1. The van der Waals surface area contributed by atoms with Crippen molar-refractivity contribution in [2.24, 2.45) is 0 Å². The lowest BCUT2D eigenvalue weighted by Crippen LogP contribution is -2.48. The van der Waals surface area contributed by atoms with Crippen molar-refractivity contribution in [1.82, 2.24) is 10.2 Å². The number of rotatable bonds is 2. The van der Waals surface area contributed by atoms with Gasteiger partial charge in [0.05, 0.1) is 10.5 Å². The van der Waals surface area contributed by atoms with Crippen molar-refractivity contribution in [2.45, 2.75) is 25.3 Å². The molecule has 0 aliphatic carbocycles. The molecule has 1 aromatic rings. The maximum Gasteiger partial charge on any atom is 0.282 e. The van der Waals surface area contributed by atoms with Gasteiger partial charge in [-0.3, -0.25) is 29.4 Å². The van der Waals surface area contributed by atoms with Gasteiger partial charge in [0.25, 0.3) is 17.5 Å². The summed E-state index contributed by atoms with van der Waals surface area (Å²) in [6.07, 6.45) is 1.83. The van der Waals surface area contributed by atoms with Crippen LogP contribution in [0.4, 0.5) is 5.69 Å². The largest absolute Gasteiger partial charge is 0.354 e. The average molecular weight is 303 g/mol. The van der Waals surface area contributed by atoms with Crippen LogP contribution >= 0.6 is 0 Å². The van der Waals surface area contributed by atoms with Crippen molar-refractivity contribution in [2.75, 3.05) is 6.54 Å². The highest BCUT2D eigenvalue weighted by molar-refractivity contribution is 6.24. The van der Waals surface area contributed by atoms with E-state index in [1.165, 1.54) is 18.2 Å². The highest BCUT2D eigenvalue weighted by atomic mass is 16.6. The van der Waals surface area contributed by atoms with Crippen LogP contribution in [0.1, 0.15) is 40.0 Å². The van der Waals surface area contributed by atoms with E-state index in [9.17, 15) is 24.5 Å². The Labute approximate surface area is 125 Å². The highest BCUT2D eigenvalue weighted by Crippen LogP contribution is 2.33. The quantitative estimate of drug-likeness (QED) is 0.495. The molecule has 0 unspecified atom stereocenters. The molecule has 1 fully saturated rings. The zero-order valence-electron chi connectivity index (χ0n) is 11.6. The first-order valence-electron chi connectivity index (χ1n) is 6.95. The first kappa shape index (κ1) is 14.2. The Bertz CT molecular complexity index is 700. The molecule has 0 radical (unpaired) electrons. The van der Waals surface area contributed by atoms with Crippen molar-refractivity contribution in [3.8, 4) is 0 Å². The molecular weight excluding hydrogens is 290 g/mol. The Kier molecular flexibility index (Phi) is 3.36. The Morgan fingerprint density at radius 3 is 2.68 bits per heavy atom. The second kappa shape index (κ2) is 5.21. The minimum Gasteiger partial charge on any atom is -0.354 e. The second-order valence-corrected chi connectivity index (χ2v) is 5.24. The van der Waals surface area contributed by atoms with E-state index in [0.717, 1.165) is 11.3 Å². The number of carbonyl (C=O) groups is 3. The number of fused-ring (bicyclic) bond motifs is 1. The molecule has 0 saturated carbocycles. The van der Waals surface area contributed by atoms with Gasteiger partial charge in [-0.15, -0.1) is 0 Å². The molecule has 114 valence electrons. The molecule has 1 N–H and O–H groups in total. The summed E-state index contributed by atoms with van der Waals surface area (Å²) in [5.41, 5.74) is -0.654. The van der Waals surface area contributed by atoms with E-state index >= 15 is 0 Å². The monoisotopic (exact) mass is 303 g/mol. The number of benzene rings is 1.